The van der Waals surface area contributed by atoms with Crippen molar-refractivity contribution in [2.75, 3.05) is 6.61 Å². The topological polar surface area (TPSA) is 35.0 Å². The van der Waals surface area contributed by atoms with Gasteiger partial charge in [0.15, 0.2) is 0 Å². The number of hydrogen-bond acceptors (Lipinski definition) is 6. The first-order chi connectivity index (χ1) is 8.29. The first-order valence-electron chi connectivity index (χ1n) is 5.37. The van der Waals surface area contributed by atoms with Gasteiger partial charge in [0.2, 0.25) is 0 Å². The summed E-state index contributed by atoms with van der Waals surface area (Å²) in [6.07, 6.45) is 1.93. The smallest absolute Gasteiger partial charge is 0.150 e. The van der Waals surface area contributed by atoms with E-state index in [4.69, 9.17) is 4.74 Å². The van der Waals surface area contributed by atoms with Crippen LogP contribution in [0.25, 0.3) is 0 Å². The molecular weight excluding hydrogens is 272 g/mol. The SMILES string of the molecule is CCO[C@@H](C)c1nc(CSc2nccs2)cs1. The van der Waals surface area contributed by atoms with Crippen molar-refractivity contribution in [3.05, 3.63) is 27.7 Å². The number of ether oxygens (including phenoxy) is 1. The molecule has 0 amide bonds. The zero-order valence-electron chi connectivity index (χ0n) is 9.75. The Labute approximate surface area is 113 Å². The lowest BCUT2D eigenvalue weighted by atomic mass is 10.4. The maximum atomic E-state index is 5.52. The van der Waals surface area contributed by atoms with Gasteiger partial charge in [0.05, 0.1) is 5.69 Å². The number of aromatic nitrogens is 2. The summed E-state index contributed by atoms with van der Waals surface area (Å²) in [5, 5.41) is 5.15. The summed E-state index contributed by atoms with van der Waals surface area (Å²) in [7, 11) is 0. The molecular formula is C11H14N2OS3. The van der Waals surface area contributed by atoms with Crippen molar-refractivity contribution in [3.63, 3.8) is 0 Å². The monoisotopic (exact) mass is 286 g/mol. The zero-order valence-corrected chi connectivity index (χ0v) is 12.2. The fourth-order valence-corrected chi connectivity index (χ4v) is 3.77. The van der Waals surface area contributed by atoms with E-state index in [0.29, 0.717) is 0 Å². The van der Waals surface area contributed by atoms with Crippen LogP contribution in [0.5, 0.6) is 0 Å². The van der Waals surface area contributed by atoms with Crippen LogP contribution >= 0.6 is 34.4 Å². The van der Waals surface area contributed by atoms with Crippen LogP contribution in [0.4, 0.5) is 0 Å². The molecule has 2 rings (SSSR count). The van der Waals surface area contributed by atoms with Gasteiger partial charge in [0.1, 0.15) is 15.5 Å². The van der Waals surface area contributed by atoms with Crippen LogP contribution in [-0.4, -0.2) is 16.6 Å². The van der Waals surface area contributed by atoms with Crippen molar-refractivity contribution in [1.29, 1.82) is 0 Å². The Morgan fingerprint density at radius 2 is 2.35 bits per heavy atom. The van der Waals surface area contributed by atoms with Gasteiger partial charge in [-0.05, 0) is 13.8 Å². The number of hydrogen-bond donors (Lipinski definition) is 0. The molecule has 0 aliphatic heterocycles. The van der Waals surface area contributed by atoms with Crippen molar-refractivity contribution < 1.29 is 4.74 Å². The number of rotatable bonds is 6. The fraction of sp³-hybridized carbons (Fsp3) is 0.455. The molecule has 17 heavy (non-hydrogen) atoms. The quantitative estimate of drug-likeness (QED) is 0.752. The van der Waals surface area contributed by atoms with E-state index in [2.05, 4.69) is 15.3 Å². The van der Waals surface area contributed by atoms with Crippen LogP contribution in [0.3, 0.4) is 0 Å². The van der Waals surface area contributed by atoms with Crippen LogP contribution in [0.2, 0.25) is 0 Å². The molecule has 0 fully saturated rings. The molecule has 6 heteroatoms. The van der Waals surface area contributed by atoms with Gasteiger partial charge in [0.25, 0.3) is 0 Å². The van der Waals surface area contributed by atoms with Crippen molar-refractivity contribution in [2.24, 2.45) is 0 Å². The second-order valence-electron chi connectivity index (χ2n) is 3.36. The average Bonchev–Trinajstić information content (AvgIpc) is 2.98. The number of thiazole rings is 2. The Balaban J connectivity index is 1.89. The van der Waals surface area contributed by atoms with Crippen molar-refractivity contribution in [2.45, 2.75) is 30.0 Å². The van der Waals surface area contributed by atoms with Crippen molar-refractivity contribution in [1.82, 2.24) is 9.97 Å². The summed E-state index contributed by atoms with van der Waals surface area (Å²) < 4.78 is 6.62. The molecule has 0 aliphatic carbocycles. The Morgan fingerprint density at radius 3 is 3.06 bits per heavy atom. The lowest BCUT2D eigenvalue weighted by molar-refractivity contribution is 0.0761. The average molecular weight is 286 g/mol. The summed E-state index contributed by atoms with van der Waals surface area (Å²) in [5.41, 5.74) is 1.11. The normalized spacial score (nSPS) is 12.8. The van der Waals surface area contributed by atoms with Crippen molar-refractivity contribution >= 4 is 34.4 Å². The van der Waals surface area contributed by atoms with E-state index in [1.807, 2.05) is 25.4 Å². The van der Waals surface area contributed by atoms with E-state index in [-0.39, 0.29) is 6.10 Å². The lowest BCUT2D eigenvalue weighted by Gasteiger charge is -2.06. The number of nitrogens with zero attached hydrogens (tertiary/aromatic N) is 2. The minimum absolute atomic E-state index is 0.101. The summed E-state index contributed by atoms with van der Waals surface area (Å²) in [5.74, 6) is 0.878. The van der Waals surface area contributed by atoms with E-state index < -0.39 is 0 Å². The van der Waals surface area contributed by atoms with E-state index in [0.717, 1.165) is 27.4 Å². The molecule has 0 bridgehead atoms. The first-order valence-corrected chi connectivity index (χ1v) is 8.12. The zero-order chi connectivity index (χ0) is 12.1. The highest BCUT2D eigenvalue weighted by atomic mass is 32.2. The third-order valence-corrected chi connectivity index (χ3v) is 5.14. The van der Waals surface area contributed by atoms with Gasteiger partial charge >= 0.3 is 0 Å². The molecule has 0 aromatic carbocycles. The maximum absolute atomic E-state index is 5.52. The van der Waals surface area contributed by atoms with Crippen molar-refractivity contribution in [3.8, 4) is 0 Å². The molecule has 1 atom stereocenters. The largest absolute Gasteiger partial charge is 0.372 e. The predicted molar refractivity (Wildman–Crippen MR) is 73.8 cm³/mol. The molecule has 92 valence electrons. The van der Waals surface area contributed by atoms with Crippen LogP contribution in [0.1, 0.15) is 30.7 Å². The Morgan fingerprint density at radius 1 is 1.47 bits per heavy atom. The predicted octanol–water partition coefficient (Wildman–Crippen LogP) is 3.99. The second kappa shape index (κ2) is 6.49. The minimum Gasteiger partial charge on any atom is -0.372 e. The Hall–Kier alpha value is -0.430. The van der Waals surface area contributed by atoms with Crippen LogP contribution in [0, 0.1) is 0 Å². The molecule has 3 nitrogen and oxygen atoms in total. The fourth-order valence-electron chi connectivity index (χ4n) is 1.31. The molecule has 2 aromatic heterocycles. The maximum Gasteiger partial charge on any atom is 0.150 e. The molecule has 0 spiro atoms. The summed E-state index contributed by atoms with van der Waals surface area (Å²) in [6.45, 7) is 4.77. The third-order valence-electron chi connectivity index (χ3n) is 2.09. The van der Waals surface area contributed by atoms with Gasteiger partial charge in [0, 0.05) is 29.3 Å². The summed E-state index contributed by atoms with van der Waals surface area (Å²) >= 11 is 5.06. The lowest BCUT2D eigenvalue weighted by Crippen LogP contribution is -1.98. The molecule has 0 aliphatic rings. The molecule has 0 saturated carbocycles. The van der Waals surface area contributed by atoms with E-state index in [1.54, 1.807) is 34.4 Å². The molecule has 0 saturated heterocycles. The van der Waals surface area contributed by atoms with Crippen LogP contribution in [0.15, 0.2) is 21.3 Å². The second-order valence-corrected chi connectivity index (χ2v) is 6.37. The van der Waals surface area contributed by atoms with E-state index in [9.17, 15) is 0 Å². The summed E-state index contributed by atoms with van der Waals surface area (Å²) in [4.78, 5) is 8.81. The van der Waals surface area contributed by atoms with Gasteiger partial charge in [-0.3, -0.25) is 0 Å². The Bertz CT molecular complexity index is 441. The molecule has 0 N–H and O–H groups in total. The Kier molecular flexibility index (Phi) is 4.97. The summed E-state index contributed by atoms with van der Waals surface area (Å²) in [6, 6.07) is 0. The minimum atomic E-state index is 0.101. The highest BCUT2D eigenvalue weighted by molar-refractivity contribution is 8.00. The van der Waals surface area contributed by atoms with Gasteiger partial charge < -0.3 is 4.74 Å². The third kappa shape index (κ3) is 3.77. The van der Waals surface area contributed by atoms with E-state index >= 15 is 0 Å². The molecule has 0 radical (unpaired) electrons. The number of thioether (sulfide) groups is 1. The standard InChI is InChI=1S/C11H14N2OS3/c1-3-14-8(2)10-13-9(6-16-10)7-17-11-12-4-5-15-11/h4-6,8H,3,7H2,1-2H3/t8-/m0/s1. The molecule has 2 aromatic rings. The van der Waals surface area contributed by atoms with Crippen LogP contribution < -0.4 is 0 Å². The van der Waals surface area contributed by atoms with E-state index in [1.165, 1.54) is 0 Å². The van der Waals surface area contributed by atoms with Gasteiger partial charge in [-0.2, -0.15) is 0 Å². The van der Waals surface area contributed by atoms with Crippen LogP contribution in [-0.2, 0) is 10.5 Å². The highest BCUT2D eigenvalue weighted by Gasteiger charge is 2.10. The molecule has 0 unspecified atom stereocenters. The van der Waals surface area contributed by atoms with Gasteiger partial charge in [-0.25, -0.2) is 9.97 Å². The first kappa shape index (κ1) is 13.0. The van der Waals surface area contributed by atoms with Gasteiger partial charge in [-0.1, -0.05) is 11.8 Å². The highest BCUT2D eigenvalue weighted by Crippen LogP contribution is 2.27. The van der Waals surface area contributed by atoms with Gasteiger partial charge in [-0.15, -0.1) is 22.7 Å². The molecule has 2 heterocycles.